The Labute approximate surface area is 67.7 Å². The van der Waals surface area contributed by atoms with Crippen LogP contribution in [0.2, 0.25) is 0 Å². The summed E-state index contributed by atoms with van der Waals surface area (Å²) < 4.78 is 0. The lowest BCUT2D eigenvalue weighted by atomic mass is 10.0. The minimum Gasteiger partial charge on any atom is -0.392 e. The van der Waals surface area contributed by atoms with E-state index in [1.807, 2.05) is 6.92 Å². The van der Waals surface area contributed by atoms with Gasteiger partial charge in [-0.2, -0.15) is 25.3 Å². The van der Waals surface area contributed by atoms with E-state index in [0.717, 1.165) is 12.2 Å². The van der Waals surface area contributed by atoms with Crippen molar-refractivity contribution in [2.75, 3.05) is 11.5 Å². The van der Waals surface area contributed by atoms with Crippen molar-refractivity contribution in [1.82, 2.24) is 0 Å². The van der Waals surface area contributed by atoms with Crippen molar-refractivity contribution in [1.29, 1.82) is 0 Å². The lowest BCUT2D eigenvalue weighted by molar-refractivity contribution is 0.140. The van der Waals surface area contributed by atoms with Crippen molar-refractivity contribution < 1.29 is 5.11 Å². The Kier molecular flexibility index (Phi) is 5.84. The Balaban J connectivity index is 3.50. The quantitative estimate of drug-likeness (QED) is 0.537. The summed E-state index contributed by atoms with van der Waals surface area (Å²) in [5, 5.41) is 9.19. The number of aliphatic hydroxyl groups excluding tert-OH is 1. The minimum absolute atomic E-state index is 0.282. The Bertz CT molecular complexity index is 64.1. The van der Waals surface area contributed by atoms with E-state index in [-0.39, 0.29) is 6.10 Å². The van der Waals surface area contributed by atoms with E-state index < -0.39 is 0 Å². The van der Waals surface area contributed by atoms with E-state index in [4.69, 9.17) is 0 Å². The highest BCUT2D eigenvalue weighted by molar-refractivity contribution is 7.80. The normalized spacial score (nSPS) is 17.3. The average Bonchev–Trinajstić information content (AvgIpc) is 1.90. The Morgan fingerprint density at radius 2 is 1.89 bits per heavy atom. The molecule has 0 radical (unpaired) electrons. The number of hydrogen-bond donors (Lipinski definition) is 3. The van der Waals surface area contributed by atoms with Crippen molar-refractivity contribution >= 4 is 25.3 Å². The molecule has 0 fully saturated rings. The zero-order valence-corrected chi connectivity index (χ0v) is 7.41. The second kappa shape index (κ2) is 5.45. The van der Waals surface area contributed by atoms with Gasteiger partial charge in [-0.15, -0.1) is 0 Å². The topological polar surface area (TPSA) is 20.2 Å². The second-order valence-corrected chi connectivity index (χ2v) is 2.83. The summed E-state index contributed by atoms with van der Waals surface area (Å²) in [5.74, 6) is 1.60. The van der Waals surface area contributed by atoms with Gasteiger partial charge in [-0.25, -0.2) is 0 Å². The van der Waals surface area contributed by atoms with Crippen molar-refractivity contribution in [3.05, 3.63) is 0 Å². The molecule has 1 nitrogen and oxygen atoms in total. The first-order valence-corrected chi connectivity index (χ1v) is 4.42. The van der Waals surface area contributed by atoms with Crippen LogP contribution in [0.4, 0.5) is 0 Å². The third-order valence-corrected chi connectivity index (χ3v) is 2.33. The van der Waals surface area contributed by atoms with Crippen LogP contribution in [-0.4, -0.2) is 22.7 Å². The predicted octanol–water partition coefficient (Wildman–Crippen LogP) is 1.23. The Morgan fingerprint density at radius 1 is 1.33 bits per heavy atom. The molecule has 0 aromatic carbocycles. The third-order valence-electron chi connectivity index (χ3n) is 1.49. The van der Waals surface area contributed by atoms with Crippen LogP contribution in [0, 0.1) is 5.92 Å². The zero-order valence-electron chi connectivity index (χ0n) is 5.62. The number of thiol groups is 2. The van der Waals surface area contributed by atoms with Gasteiger partial charge in [0.25, 0.3) is 0 Å². The van der Waals surface area contributed by atoms with Crippen molar-refractivity contribution in [2.45, 2.75) is 19.4 Å². The van der Waals surface area contributed by atoms with Gasteiger partial charge in [0, 0.05) is 5.75 Å². The monoisotopic (exact) mass is 166 g/mol. The van der Waals surface area contributed by atoms with Gasteiger partial charge >= 0.3 is 0 Å². The van der Waals surface area contributed by atoms with Gasteiger partial charge in [-0.05, 0) is 11.7 Å². The Hall–Kier alpha value is 0.660. The van der Waals surface area contributed by atoms with Gasteiger partial charge < -0.3 is 5.11 Å². The van der Waals surface area contributed by atoms with E-state index in [1.165, 1.54) is 0 Å². The van der Waals surface area contributed by atoms with E-state index in [1.54, 1.807) is 0 Å². The first-order valence-electron chi connectivity index (χ1n) is 3.16. The molecule has 0 aliphatic carbocycles. The summed E-state index contributed by atoms with van der Waals surface area (Å²) >= 11 is 8.07. The fraction of sp³-hybridized carbons (Fsp3) is 1.00. The molecule has 0 aliphatic rings. The van der Waals surface area contributed by atoms with Crippen LogP contribution in [0.1, 0.15) is 13.3 Å². The van der Waals surface area contributed by atoms with E-state index >= 15 is 0 Å². The molecular formula is C6H14OS2. The van der Waals surface area contributed by atoms with E-state index in [9.17, 15) is 5.11 Å². The summed E-state index contributed by atoms with van der Waals surface area (Å²) in [6.07, 6.45) is 0.696. The smallest absolute Gasteiger partial charge is 0.0663 e. The molecule has 0 spiro atoms. The standard InChI is InChI=1S/C6H14OS2/c1-2-5(3-8)6(7)4-9/h5-9H,2-4H2,1H3. The number of rotatable bonds is 4. The summed E-state index contributed by atoms with van der Waals surface area (Å²) in [7, 11) is 0. The van der Waals surface area contributed by atoms with E-state index in [2.05, 4.69) is 25.3 Å². The summed E-state index contributed by atoms with van der Waals surface area (Å²) in [6, 6.07) is 0. The molecule has 0 heterocycles. The molecule has 0 bridgehead atoms. The van der Waals surface area contributed by atoms with Crippen molar-refractivity contribution in [3.63, 3.8) is 0 Å². The maximum absolute atomic E-state index is 9.19. The maximum Gasteiger partial charge on any atom is 0.0663 e. The van der Waals surface area contributed by atoms with Gasteiger partial charge in [0.15, 0.2) is 0 Å². The van der Waals surface area contributed by atoms with Crippen molar-refractivity contribution in [3.8, 4) is 0 Å². The molecular weight excluding hydrogens is 152 g/mol. The maximum atomic E-state index is 9.19. The van der Waals surface area contributed by atoms with Crippen LogP contribution in [0.3, 0.4) is 0 Å². The molecule has 0 aliphatic heterocycles. The third kappa shape index (κ3) is 3.38. The highest BCUT2D eigenvalue weighted by Crippen LogP contribution is 2.10. The highest BCUT2D eigenvalue weighted by atomic mass is 32.1. The molecule has 2 unspecified atom stereocenters. The lowest BCUT2D eigenvalue weighted by Gasteiger charge is -2.16. The molecule has 0 aromatic rings. The van der Waals surface area contributed by atoms with Crippen LogP contribution in [0.5, 0.6) is 0 Å². The van der Waals surface area contributed by atoms with Crippen LogP contribution in [-0.2, 0) is 0 Å². The summed E-state index contributed by atoms with van der Waals surface area (Å²) in [4.78, 5) is 0. The molecule has 2 atom stereocenters. The highest BCUT2D eigenvalue weighted by Gasteiger charge is 2.12. The van der Waals surface area contributed by atoms with Crippen LogP contribution >= 0.6 is 25.3 Å². The minimum atomic E-state index is -0.282. The van der Waals surface area contributed by atoms with E-state index in [0.29, 0.717) is 11.7 Å². The van der Waals surface area contributed by atoms with Gasteiger partial charge in [0.1, 0.15) is 0 Å². The van der Waals surface area contributed by atoms with Gasteiger partial charge in [-0.3, -0.25) is 0 Å². The molecule has 9 heavy (non-hydrogen) atoms. The number of aliphatic hydroxyl groups is 1. The fourth-order valence-electron chi connectivity index (χ4n) is 0.672. The van der Waals surface area contributed by atoms with Gasteiger partial charge in [0.2, 0.25) is 0 Å². The predicted molar refractivity (Wildman–Crippen MR) is 47.5 cm³/mol. The first-order chi connectivity index (χ1) is 4.26. The summed E-state index contributed by atoms with van der Waals surface area (Å²) in [5.41, 5.74) is 0. The SMILES string of the molecule is CCC(CS)C(O)CS. The molecule has 0 amide bonds. The van der Waals surface area contributed by atoms with Crippen LogP contribution < -0.4 is 0 Å². The van der Waals surface area contributed by atoms with Crippen LogP contribution in [0.15, 0.2) is 0 Å². The van der Waals surface area contributed by atoms with Gasteiger partial charge in [-0.1, -0.05) is 13.3 Å². The number of hydrogen-bond acceptors (Lipinski definition) is 3. The lowest BCUT2D eigenvalue weighted by Crippen LogP contribution is -2.22. The zero-order chi connectivity index (χ0) is 7.28. The molecule has 1 N–H and O–H groups in total. The largest absolute Gasteiger partial charge is 0.392 e. The Morgan fingerprint density at radius 3 is 2.00 bits per heavy atom. The summed E-state index contributed by atoms with van der Waals surface area (Å²) in [6.45, 7) is 2.05. The fourth-order valence-corrected chi connectivity index (χ4v) is 1.47. The van der Waals surface area contributed by atoms with Crippen molar-refractivity contribution in [2.24, 2.45) is 5.92 Å². The molecule has 0 aromatic heterocycles. The molecule has 3 heteroatoms. The van der Waals surface area contributed by atoms with Gasteiger partial charge in [0.05, 0.1) is 6.10 Å². The molecule has 0 saturated heterocycles. The molecule has 0 saturated carbocycles. The van der Waals surface area contributed by atoms with Crippen LogP contribution in [0.25, 0.3) is 0 Å². The molecule has 0 rings (SSSR count). The second-order valence-electron chi connectivity index (χ2n) is 2.10. The average molecular weight is 166 g/mol. The first kappa shape index (κ1) is 9.66. The molecule has 56 valence electrons.